The summed E-state index contributed by atoms with van der Waals surface area (Å²) < 4.78 is 26.5. The second-order valence-electron chi connectivity index (χ2n) is 4.67. The number of sulfonamides is 1. The number of nitrogens with one attached hydrogen (secondary N) is 2. The third-order valence-electron chi connectivity index (χ3n) is 2.85. The van der Waals surface area contributed by atoms with Gasteiger partial charge in [-0.15, -0.1) is 0 Å². The van der Waals surface area contributed by atoms with Gasteiger partial charge in [0, 0.05) is 12.1 Å². The number of benzene rings is 1. The minimum absolute atomic E-state index is 0.0896. The molecular formula is C12H11N5O7S2. The third kappa shape index (κ3) is 4.48. The third-order valence-corrected chi connectivity index (χ3v) is 5.08. The highest BCUT2D eigenvalue weighted by atomic mass is 32.2. The van der Waals surface area contributed by atoms with Crippen molar-refractivity contribution in [2.75, 3.05) is 16.2 Å². The molecule has 0 unspecified atom stereocenters. The Labute approximate surface area is 149 Å². The fraction of sp³-hybridized carbons (Fsp3) is 0.0833. The van der Waals surface area contributed by atoms with Gasteiger partial charge in [-0.3, -0.25) is 29.4 Å². The van der Waals surface area contributed by atoms with Crippen molar-refractivity contribution >= 4 is 44.9 Å². The van der Waals surface area contributed by atoms with Crippen LogP contribution in [0, 0.1) is 10.1 Å². The summed E-state index contributed by atoms with van der Waals surface area (Å²) in [7, 11) is -4.25. The van der Waals surface area contributed by atoms with Crippen LogP contribution in [0.25, 0.3) is 0 Å². The number of nitrogens with two attached hydrogens (primary N) is 1. The van der Waals surface area contributed by atoms with E-state index in [1.165, 1.54) is 0 Å². The van der Waals surface area contributed by atoms with Crippen LogP contribution in [0.15, 0.2) is 39.1 Å². The molecule has 1 aromatic carbocycles. The molecule has 26 heavy (non-hydrogen) atoms. The minimum Gasteiger partial charge on any atom is -0.481 e. The van der Waals surface area contributed by atoms with Crippen LogP contribution in [0.2, 0.25) is 0 Å². The lowest BCUT2D eigenvalue weighted by Gasteiger charge is -2.09. The van der Waals surface area contributed by atoms with Gasteiger partial charge in [-0.1, -0.05) is 11.8 Å². The van der Waals surface area contributed by atoms with Crippen LogP contribution in [-0.4, -0.2) is 40.1 Å². The van der Waals surface area contributed by atoms with E-state index in [0.717, 1.165) is 24.3 Å². The molecule has 0 radical (unpaired) electrons. The van der Waals surface area contributed by atoms with E-state index in [0.29, 0.717) is 11.8 Å². The molecule has 2 aromatic rings. The van der Waals surface area contributed by atoms with E-state index in [4.69, 9.17) is 10.8 Å². The molecule has 0 aliphatic carbocycles. The van der Waals surface area contributed by atoms with Crippen molar-refractivity contribution in [2.45, 2.75) is 10.1 Å². The standard InChI is InChI=1S/C12H11N5O7S2/c13-10-9(11(20)15-12(14-10)25-5-8(18)19)16-26(23,24)7-3-1-6(2-4-7)17(21)22/h1-4,16H,5H2,(H,18,19)(H3,13,14,15,20). The molecule has 12 nitrogen and oxygen atoms in total. The number of nitro groups is 1. The van der Waals surface area contributed by atoms with Crippen molar-refractivity contribution in [3.05, 3.63) is 44.7 Å². The van der Waals surface area contributed by atoms with Gasteiger partial charge in [0.25, 0.3) is 21.3 Å². The first kappa shape index (κ1) is 19.2. The second-order valence-corrected chi connectivity index (χ2v) is 7.32. The first-order chi connectivity index (χ1) is 12.1. The summed E-state index contributed by atoms with van der Waals surface area (Å²) in [5, 5.41) is 19.1. The zero-order valence-corrected chi connectivity index (χ0v) is 14.3. The number of non-ortho nitro benzene ring substituents is 1. The summed E-state index contributed by atoms with van der Waals surface area (Å²) in [6.45, 7) is 0. The monoisotopic (exact) mass is 401 g/mol. The average molecular weight is 401 g/mol. The van der Waals surface area contributed by atoms with Crippen LogP contribution < -0.4 is 16.0 Å². The van der Waals surface area contributed by atoms with Gasteiger partial charge in [-0.25, -0.2) is 13.4 Å². The van der Waals surface area contributed by atoms with E-state index >= 15 is 0 Å². The lowest BCUT2D eigenvalue weighted by atomic mass is 10.3. The Hall–Kier alpha value is -3.13. The normalized spacial score (nSPS) is 11.1. The van der Waals surface area contributed by atoms with Gasteiger partial charge in [0.05, 0.1) is 15.6 Å². The molecule has 2 rings (SSSR count). The average Bonchev–Trinajstić information content (AvgIpc) is 2.56. The number of nitro benzene ring substituents is 1. The summed E-state index contributed by atoms with van der Waals surface area (Å²) in [6.07, 6.45) is 0. The van der Waals surface area contributed by atoms with E-state index in [1.54, 1.807) is 0 Å². The summed E-state index contributed by atoms with van der Waals surface area (Å²) >= 11 is 0.697. The smallest absolute Gasteiger partial charge is 0.313 e. The van der Waals surface area contributed by atoms with E-state index in [2.05, 4.69) is 9.97 Å². The molecule has 138 valence electrons. The number of hydrogen-bond acceptors (Lipinski definition) is 9. The molecule has 0 aliphatic heterocycles. The predicted molar refractivity (Wildman–Crippen MR) is 91.5 cm³/mol. The lowest BCUT2D eigenvalue weighted by Crippen LogP contribution is -2.23. The number of aliphatic carboxylic acids is 1. The van der Waals surface area contributed by atoms with Crippen molar-refractivity contribution in [1.29, 1.82) is 0 Å². The molecule has 0 aliphatic rings. The van der Waals surface area contributed by atoms with Crippen molar-refractivity contribution in [3.8, 4) is 0 Å². The highest BCUT2D eigenvalue weighted by molar-refractivity contribution is 7.99. The summed E-state index contributed by atoms with van der Waals surface area (Å²) in [4.78, 5) is 38.0. The molecule has 0 saturated carbocycles. The molecule has 5 N–H and O–H groups in total. The Morgan fingerprint density at radius 1 is 1.38 bits per heavy atom. The number of H-pyrrole nitrogens is 1. The first-order valence-electron chi connectivity index (χ1n) is 6.62. The molecule has 0 spiro atoms. The quantitative estimate of drug-likeness (QED) is 0.215. The van der Waals surface area contributed by atoms with Gasteiger partial charge in [0.15, 0.2) is 16.7 Å². The molecule has 0 bridgehead atoms. The highest BCUT2D eigenvalue weighted by Gasteiger charge is 2.20. The molecule has 0 atom stereocenters. The number of anilines is 2. The van der Waals surface area contributed by atoms with Crippen molar-refractivity contribution in [3.63, 3.8) is 0 Å². The number of carboxylic acid groups (broad SMARTS) is 1. The zero-order valence-electron chi connectivity index (χ0n) is 12.7. The highest BCUT2D eigenvalue weighted by Crippen LogP contribution is 2.21. The van der Waals surface area contributed by atoms with Gasteiger partial charge < -0.3 is 10.8 Å². The molecule has 0 saturated heterocycles. The topological polar surface area (TPSA) is 198 Å². The number of aromatic nitrogens is 2. The van der Waals surface area contributed by atoms with Gasteiger partial charge in [-0.2, -0.15) is 0 Å². The number of carbonyl (C=O) groups is 1. The molecule has 0 amide bonds. The van der Waals surface area contributed by atoms with E-state index < -0.39 is 38.0 Å². The van der Waals surface area contributed by atoms with Gasteiger partial charge in [0.2, 0.25) is 0 Å². The summed E-state index contributed by atoms with van der Waals surface area (Å²) in [5.74, 6) is -1.97. The Balaban J connectivity index is 2.30. The molecule has 1 aromatic heterocycles. The Kier molecular flexibility index (Phi) is 5.47. The summed E-state index contributed by atoms with van der Waals surface area (Å²) in [5.41, 5.74) is 3.79. The first-order valence-corrected chi connectivity index (χ1v) is 9.08. The van der Waals surface area contributed by atoms with E-state index in [-0.39, 0.29) is 21.5 Å². The fourth-order valence-electron chi connectivity index (χ4n) is 1.71. The van der Waals surface area contributed by atoms with Crippen molar-refractivity contribution in [1.82, 2.24) is 9.97 Å². The van der Waals surface area contributed by atoms with Crippen LogP contribution in [0.3, 0.4) is 0 Å². The lowest BCUT2D eigenvalue weighted by molar-refractivity contribution is -0.384. The minimum atomic E-state index is -4.25. The second kappa shape index (κ2) is 7.40. The number of rotatable bonds is 7. The number of aromatic amines is 1. The predicted octanol–water partition coefficient (Wildman–Crippen LogP) is 0.238. The molecule has 1 heterocycles. The molecular weight excluding hydrogens is 390 g/mol. The van der Waals surface area contributed by atoms with Gasteiger partial charge in [0.1, 0.15) is 0 Å². The molecule has 14 heteroatoms. The van der Waals surface area contributed by atoms with Gasteiger partial charge >= 0.3 is 5.97 Å². The SMILES string of the molecule is Nc1nc(SCC(=O)O)[nH]c(=O)c1NS(=O)(=O)c1ccc([N+](=O)[O-])cc1. The maximum absolute atomic E-state index is 12.3. The number of thioether (sulfide) groups is 1. The van der Waals surface area contributed by atoms with Crippen LogP contribution in [-0.2, 0) is 14.8 Å². The number of hydrogen-bond donors (Lipinski definition) is 4. The Bertz CT molecular complexity index is 1020. The van der Waals surface area contributed by atoms with Crippen LogP contribution >= 0.6 is 11.8 Å². The van der Waals surface area contributed by atoms with Crippen LogP contribution in [0.1, 0.15) is 0 Å². The number of carboxylic acids is 1. The zero-order chi connectivity index (χ0) is 19.5. The van der Waals surface area contributed by atoms with Crippen LogP contribution in [0.5, 0.6) is 0 Å². The van der Waals surface area contributed by atoms with Crippen molar-refractivity contribution < 1.29 is 23.2 Å². The summed E-state index contributed by atoms with van der Waals surface area (Å²) in [6, 6.07) is 3.97. The largest absolute Gasteiger partial charge is 0.481 e. The number of nitrogens with zero attached hydrogens (tertiary/aromatic N) is 2. The maximum Gasteiger partial charge on any atom is 0.313 e. The fourth-order valence-corrected chi connectivity index (χ4v) is 3.37. The van der Waals surface area contributed by atoms with Crippen molar-refractivity contribution in [2.24, 2.45) is 0 Å². The van der Waals surface area contributed by atoms with E-state index in [1.807, 2.05) is 4.72 Å². The maximum atomic E-state index is 12.3. The number of nitrogen functional groups attached to an aromatic ring is 1. The Morgan fingerprint density at radius 2 is 2.00 bits per heavy atom. The van der Waals surface area contributed by atoms with Gasteiger partial charge in [-0.05, 0) is 12.1 Å². The van der Waals surface area contributed by atoms with Crippen LogP contribution in [0.4, 0.5) is 17.2 Å². The molecule has 0 fully saturated rings. The van der Waals surface area contributed by atoms with E-state index in [9.17, 15) is 28.1 Å². The Morgan fingerprint density at radius 3 is 2.50 bits per heavy atom.